The maximum absolute atomic E-state index is 9.11. The first-order valence-corrected chi connectivity index (χ1v) is 18.8. The lowest BCUT2D eigenvalue weighted by molar-refractivity contribution is 0.953. The molecule has 0 fully saturated rings. The Bertz CT molecular complexity index is 3790. The third kappa shape index (κ3) is 4.68. The van der Waals surface area contributed by atoms with Gasteiger partial charge in [0.2, 0.25) is 5.95 Å². The van der Waals surface area contributed by atoms with E-state index in [1.54, 1.807) is 0 Å². The van der Waals surface area contributed by atoms with Crippen molar-refractivity contribution in [1.29, 1.82) is 0 Å². The van der Waals surface area contributed by atoms with E-state index in [-0.39, 0.29) is 23.2 Å². The van der Waals surface area contributed by atoms with E-state index in [1.165, 1.54) is 0 Å². The van der Waals surface area contributed by atoms with Gasteiger partial charge in [-0.15, -0.1) is 0 Å². The minimum absolute atomic E-state index is 0.0388. The van der Waals surface area contributed by atoms with E-state index in [0.717, 1.165) is 76.8 Å². The second-order valence-corrected chi connectivity index (χ2v) is 14.1. The minimum Gasteiger partial charge on any atom is -0.309 e. The third-order valence-corrected chi connectivity index (χ3v) is 11.0. The van der Waals surface area contributed by atoms with Gasteiger partial charge in [-0.25, -0.2) is 4.98 Å². The molecule has 57 heavy (non-hydrogen) atoms. The van der Waals surface area contributed by atoms with E-state index < -0.39 is 30.2 Å². The molecule has 6 heteroatoms. The van der Waals surface area contributed by atoms with Gasteiger partial charge in [0.15, 0.2) is 11.6 Å². The fourth-order valence-corrected chi connectivity index (χ4v) is 8.66. The van der Waals surface area contributed by atoms with Crippen LogP contribution in [0.3, 0.4) is 0 Å². The van der Waals surface area contributed by atoms with Gasteiger partial charge in [-0.05, 0) is 48.5 Å². The van der Waals surface area contributed by atoms with Crippen LogP contribution in [0.5, 0.6) is 0 Å². The average molecular weight is 734 g/mol. The highest BCUT2D eigenvalue weighted by Crippen LogP contribution is 2.42. The van der Waals surface area contributed by atoms with Gasteiger partial charge in [-0.1, -0.05) is 145 Å². The lowest BCUT2D eigenvalue weighted by Crippen LogP contribution is -2.07. The number of benzene rings is 8. The summed E-state index contributed by atoms with van der Waals surface area (Å²) in [5.41, 5.74) is 8.04. The number of fused-ring (bicyclic) bond motifs is 10. The Kier molecular flexibility index (Phi) is 5.82. The van der Waals surface area contributed by atoms with Crippen LogP contribution in [0.2, 0.25) is 0 Å². The lowest BCUT2D eigenvalue weighted by atomic mass is 10.1. The number of hydrogen-bond acceptors (Lipinski definition) is 3. The first-order valence-electron chi connectivity index (χ1n) is 21.3. The van der Waals surface area contributed by atoms with Crippen LogP contribution >= 0.6 is 0 Å². The van der Waals surface area contributed by atoms with E-state index in [1.807, 2.05) is 89.5 Å². The van der Waals surface area contributed by atoms with Gasteiger partial charge in [-0.2, -0.15) is 9.97 Å². The van der Waals surface area contributed by atoms with Gasteiger partial charge in [0.05, 0.1) is 40.0 Å². The minimum atomic E-state index is -0.492. The van der Waals surface area contributed by atoms with Crippen LogP contribution in [0.4, 0.5) is 0 Å². The zero-order chi connectivity index (χ0) is 41.8. The van der Waals surface area contributed by atoms with Crippen molar-refractivity contribution in [3.05, 3.63) is 194 Å². The predicted molar refractivity (Wildman–Crippen MR) is 234 cm³/mol. The van der Waals surface area contributed by atoms with E-state index in [4.69, 9.17) is 21.8 Å². The number of nitrogens with zero attached hydrogens (tertiary/aromatic N) is 6. The fraction of sp³-hybridized carbons (Fsp3) is 0. The molecule has 266 valence electrons. The maximum atomic E-state index is 9.11. The fourth-order valence-electron chi connectivity index (χ4n) is 8.66. The number of rotatable bonds is 5. The highest BCUT2D eigenvalue weighted by Gasteiger charge is 2.25. The molecule has 0 aliphatic rings. The van der Waals surface area contributed by atoms with Crippen molar-refractivity contribution in [1.82, 2.24) is 28.7 Å². The molecule has 0 aliphatic heterocycles. The second-order valence-electron chi connectivity index (χ2n) is 14.1. The Hall–Kier alpha value is -7.83. The first-order chi connectivity index (χ1) is 30.4. The average Bonchev–Trinajstić information content (AvgIpc) is 3.97. The van der Waals surface area contributed by atoms with E-state index >= 15 is 0 Å². The van der Waals surface area contributed by atoms with Gasteiger partial charge in [0.25, 0.3) is 0 Å². The van der Waals surface area contributed by atoms with Crippen molar-refractivity contribution in [3.63, 3.8) is 0 Å². The van der Waals surface area contributed by atoms with Crippen molar-refractivity contribution in [2.45, 2.75) is 0 Å². The molecule has 4 aromatic heterocycles. The molecular weight excluding hydrogens is 697 g/mol. The normalized spacial score (nSPS) is 13.1. The van der Waals surface area contributed by atoms with Crippen LogP contribution in [0.15, 0.2) is 194 Å². The van der Waals surface area contributed by atoms with Gasteiger partial charge >= 0.3 is 0 Å². The quantitative estimate of drug-likeness (QED) is 0.177. The second kappa shape index (κ2) is 12.3. The summed E-state index contributed by atoms with van der Waals surface area (Å²) in [6, 6.07) is 53.3. The summed E-state index contributed by atoms with van der Waals surface area (Å²) in [7, 11) is 0. The monoisotopic (exact) mass is 733 g/mol. The van der Waals surface area contributed by atoms with Crippen molar-refractivity contribution >= 4 is 65.4 Å². The molecule has 0 saturated heterocycles. The number of aromatic nitrogens is 6. The van der Waals surface area contributed by atoms with Crippen molar-refractivity contribution < 1.29 is 6.85 Å². The highest BCUT2D eigenvalue weighted by atomic mass is 15.2. The summed E-state index contributed by atoms with van der Waals surface area (Å²) >= 11 is 0. The first kappa shape index (κ1) is 26.9. The number of para-hydroxylation sites is 6. The van der Waals surface area contributed by atoms with Crippen molar-refractivity contribution in [3.8, 4) is 40.1 Å². The molecule has 0 saturated carbocycles. The molecule has 0 N–H and O–H groups in total. The molecule has 0 radical (unpaired) electrons. The summed E-state index contributed by atoms with van der Waals surface area (Å²) < 4.78 is 50.5. The topological polar surface area (TPSA) is 53.5 Å². The SMILES string of the molecule is [2H]c1c([2H])c([2H])c(-c2nc(-c3cccc4c5ccccc5n(-c5ccccc5)c34)nc(-n3c4ccccc4c4ccc5c6ccccc6n(-c6ccccc6)c5c43)n2)c([2H])c1[2H]. The largest absolute Gasteiger partial charge is 0.309 e. The van der Waals surface area contributed by atoms with Crippen molar-refractivity contribution in [2.24, 2.45) is 0 Å². The van der Waals surface area contributed by atoms with Crippen LogP contribution in [-0.4, -0.2) is 28.7 Å². The standard InChI is InChI=1S/C51H32N6/c1-4-17-33(18-5-1)49-52-50(42-27-16-26-39-36-23-10-13-28-43(36)55(46(39)42)34-19-6-2-7-20-34)54-51(53-49)57-45-30-15-12-25-38(45)41-32-31-40-37-24-11-14-29-44(37)56(47(40)48(41)57)35-21-8-3-9-22-35/h1-32H/i1D,4D,5D,17D,18D. The third-order valence-electron chi connectivity index (χ3n) is 11.0. The number of hydrogen-bond donors (Lipinski definition) is 0. The molecule has 6 nitrogen and oxygen atoms in total. The molecule has 0 unspecified atom stereocenters. The van der Waals surface area contributed by atoms with E-state index in [9.17, 15) is 0 Å². The zero-order valence-corrected chi connectivity index (χ0v) is 30.3. The van der Waals surface area contributed by atoms with Crippen LogP contribution in [-0.2, 0) is 0 Å². The predicted octanol–water partition coefficient (Wildman–Crippen LogP) is 12.5. The summed E-state index contributed by atoms with van der Waals surface area (Å²) in [4.78, 5) is 15.6. The highest BCUT2D eigenvalue weighted by molar-refractivity contribution is 6.23. The smallest absolute Gasteiger partial charge is 0.238 e. The van der Waals surface area contributed by atoms with Crippen LogP contribution in [0.1, 0.15) is 6.85 Å². The summed E-state index contributed by atoms with van der Waals surface area (Å²) in [5, 5.41) is 6.11. The van der Waals surface area contributed by atoms with Gasteiger partial charge in [0, 0.05) is 54.8 Å². The molecule has 8 aromatic carbocycles. The Morgan fingerprint density at radius 3 is 1.40 bits per heavy atom. The zero-order valence-electron chi connectivity index (χ0n) is 35.3. The summed E-state index contributed by atoms with van der Waals surface area (Å²) in [6.07, 6.45) is 0. The molecule has 12 rings (SSSR count). The molecule has 0 bridgehead atoms. The molecule has 0 amide bonds. The molecule has 0 aliphatic carbocycles. The van der Waals surface area contributed by atoms with Gasteiger partial charge in [-0.3, -0.25) is 4.57 Å². The maximum Gasteiger partial charge on any atom is 0.238 e. The van der Waals surface area contributed by atoms with Gasteiger partial charge in [0.1, 0.15) is 0 Å². The van der Waals surface area contributed by atoms with Crippen LogP contribution in [0.25, 0.3) is 106 Å². The Morgan fingerprint density at radius 2 is 0.807 bits per heavy atom. The van der Waals surface area contributed by atoms with Crippen LogP contribution in [0, 0.1) is 0 Å². The Balaban J connectivity index is 1.27. The van der Waals surface area contributed by atoms with Gasteiger partial charge < -0.3 is 9.13 Å². The van der Waals surface area contributed by atoms with E-state index in [2.05, 4.69) is 88.0 Å². The molecule has 12 aromatic rings. The van der Waals surface area contributed by atoms with Crippen molar-refractivity contribution in [2.75, 3.05) is 0 Å². The summed E-state index contributed by atoms with van der Waals surface area (Å²) in [5.74, 6) is 0.479. The molecular formula is C51H32N6. The molecule has 4 heterocycles. The lowest BCUT2D eigenvalue weighted by Gasteiger charge is -2.14. The Labute approximate surface area is 334 Å². The van der Waals surface area contributed by atoms with Crippen LogP contribution < -0.4 is 0 Å². The molecule has 0 atom stereocenters. The summed E-state index contributed by atoms with van der Waals surface area (Å²) in [6.45, 7) is 0. The Morgan fingerprint density at radius 1 is 0.351 bits per heavy atom. The van der Waals surface area contributed by atoms with E-state index in [0.29, 0.717) is 5.56 Å². The molecule has 0 spiro atoms.